The summed E-state index contributed by atoms with van der Waals surface area (Å²) in [5.74, 6) is -0.484. The Morgan fingerprint density at radius 3 is 2.14 bits per heavy atom. The lowest BCUT2D eigenvalue weighted by Crippen LogP contribution is -2.12. The number of nitrogens with zero attached hydrogens (tertiary/aromatic N) is 2. The van der Waals surface area contributed by atoms with Crippen molar-refractivity contribution in [2.75, 3.05) is 0 Å². The zero-order chi connectivity index (χ0) is 15.1. The highest BCUT2D eigenvalue weighted by Gasteiger charge is 2.13. The Labute approximate surface area is 135 Å². The Bertz CT molecular complexity index is 672. The number of carbonyl (C=O) groups is 1. The molecule has 0 spiro atoms. The van der Waals surface area contributed by atoms with Crippen molar-refractivity contribution in [2.24, 2.45) is 10.2 Å². The lowest BCUT2D eigenvalue weighted by atomic mass is 10.1. The molecule has 21 heavy (non-hydrogen) atoms. The molecule has 0 fully saturated rings. The van der Waals surface area contributed by atoms with Crippen molar-refractivity contribution >= 4 is 45.0 Å². The SMILES string of the molecule is O=C(NCl)/C(Br)=C(\N=Nc1ccccc1)c1ccccc1. The molecule has 106 valence electrons. The summed E-state index contributed by atoms with van der Waals surface area (Å²) in [6.45, 7) is 0. The summed E-state index contributed by atoms with van der Waals surface area (Å²) in [4.78, 5) is 13.7. The molecule has 0 aliphatic rings. The molecule has 0 atom stereocenters. The number of carbonyl (C=O) groups excluding carboxylic acids is 1. The van der Waals surface area contributed by atoms with Gasteiger partial charge < -0.3 is 0 Å². The standard InChI is InChI=1S/C15H11BrClN3O/c16-13(15(21)18-17)14(11-7-3-1-4-8-11)20-19-12-9-5-2-6-10-12/h1-10H,(H,18,21)/b14-13+,20-19?. The molecule has 0 aliphatic carbocycles. The molecule has 0 aliphatic heterocycles. The first-order valence-corrected chi connectivity index (χ1v) is 7.22. The van der Waals surface area contributed by atoms with Crippen LogP contribution in [0.25, 0.3) is 5.70 Å². The lowest BCUT2D eigenvalue weighted by molar-refractivity contribution is -0.115. The van der Waals surface area contributed by atoms with Crippen molar-refractivity contribution in [1.29, 1.82) is 0 Å². The molecule has 6 heteroatoms. The normalized spacial score (nSPS) is 12.1. The molecule has 0 heterocycles. The fourth-order valence-corrected chi connectivity index (χ4v) is 2.19. The Balaban J connectivity index is 2.43. The van der Waals surface area contributed by atoms with E-state index in [2.05, 4.69) is 26.2 Å². The van der Waals surface area contributed by atoms with Crippen molar-refractivity contribution in [3.05, 3.63) is 70.7 Å². The summed E-state index contributed by atoms with van der Waals surface area (Å²) in [6.07, 6.45) is 0. The highest BCUT2D eigenvalue weighted by molar-refractivity contribution is 9.12. The molecule has 2 aromatic rings. The molecule has 0 aromatic heterocycles. The fourth-order valence-electron chi connectivity index (χ4n) is 1.58. The molecule has 2 rings (SSSR count). The van der Waals surface area contributed by atoms with Gasteiger partial charge in [0, 0.05) is 17.3 Å². The third-order valence-corrected chi connectivity index (χ3v) is 3.47. The summed E-state index contributed by atoms with van der Waals surface area (Å²) in [5.41, 5.74) is 1.85. The summed E-state index contributed by atoms with van der Waals surface area (Å²) < 4.78 is 0.211. The van der Waals surface area contributed by atoms with Gasteiger partial charge in [-0.2, -0.15) is 5.11 Å². The predicted octanol–water partition coefficient (Wildman–Crippen LogP) is 4.80. The van der Waals surface area contributed by atoms with Gasteiger partial charge in [0.25, 0.3) is 5.91 Å². The average molecular weight is 365 g/mol. The maximum Gasteiger partial charge on any atom is 0.274 e. The van der Waals surface area contributed by atoms with Crippen LogP contribution >= 0.6 is 27.7 Å². The average Bonchev–Trinajstić information content (AvgIpc) is 2.56. The van der Waals surface area contributed by atoms with Crippen LogP contribution < -0.4 is 4.84 Å². The van der Waals surface area contributed by atoms with Crippen LogP contribution in [0.15, 0.2) is 75.4 Å². The third-order valence-electron chi connectivity index (χ3n) is 2.56. The van der Waals surface area contributed by atoms with Crippen molar-refractivity contribution in [3.8, 4) is 0 Å². The molecular weight excluding hydrogens is 354 g/mol. The van der Waals surface area contributed by atoms with Gasteiger partial charge in [0.05, 0.1) is 5.69 Å². The zero-order valence-corrected chi connectivity index (χ0v) is 13.2. The van der Waals surface area contributed by atoms with Crippen LogP contribution in [0.4, 0.5) is 5.69 Å². The topological polar surface area (TPSA) is 53.8 Å². The minimum absolute atomic E-state index is 0.211. The largest absolute Gasteiger partial charge is 0.274 e. The Morgan fingerprint density at radius 1 is 1.00 bits per heavy atom. The molecule has 1 amide bonds. The van der Waals surface area contributed by atoms with Gasteiger partial charge in [-0.05, 0) is 28.1 Å². The number of rotatable bonds is 4. The van der Waals surface area contributed by atoms with Crippen molar-refractivity contribution < 1.29 is 4.79 Å². The number of hydrogen-bond donors (Lipinski definition) is 1. The lowest BCUT2D eigenvalue weighted by Gasteiger charge is -2.04. The minimum atomic E-state index is -0.484. The Kier molecular flexibility index (Phi) is 5.66. The predicted molar refractivity (Wildman–Crippen MR) is 87.2 cm³/mol. The van der Waals surface area contributed by atoms with Crippen LogP contribution in [0.5, 0.6) is 0 Å². The second-order valence-electron chi connectivity index (χ2n) is 3.99. The van der Waals surface area contributed by atoms with Gasteiger partial charge in [-0.1, -0.05) is 48.5 Å². The van der Waals surface area contributed by atoms with Gasteiger partial charge in [-0.25, -0.2) is 0 Å². The second kappa shape index (κ2) is 7.71. The maximum atomic E-state index is 11.7. The van der Waals surface area contributed by atoms with Crippen molar-refractivity contribution in [3.63, 3.8) is 0 Å². The fraction of sp³-hybridized carbons (Fsp3) is 0. The summed E-state index contributed by atoms with van der Waals surface area (Å²) in [6, 6.07) is 18.5. The number of nitrogens with one attached hydrogen (secondary N) is 1. The molecule has 0 saturated heterocycles. The van der Waals surface area contributed by atoms with Crippen LogP contribution in [0, 0.1) is 0 Å². The number of amides is 1. The van der Waals surface area contributed by atoms with E-state index in [1.165, 1.54) is 0 Å². The molecule has 0 bridgehead atoms. The highest BCUT2D eigenvalue weighted by atomic mass is 79.9. The van der Waals surface area contributed by atoms with Crippen molar-refractivity contribution in [2.45, 2.75) is 0 Å². The van der Waals surface area contributed by atoms with E-state index in [4.69, 9.17) is 11.8 Å². The van der Waals surface area contributed by atoms with Crippen LogP contribution in [-0.2, 0) is 4.79 Å². The van der Waals surface area contributed by atoms with Crippen LogP contribution in [0.1, 0.15) is 5.56 Å². The molecule has 0 saturated carbocycles. The number of benzene rings is 2. The van der Waals surface area contributed by atoms with E-state index in [-0.39, 0.29) is 4.48 Å². The summed E-state index contributed by atoms with van der Waals surface area (Å²) in [5, 5.41) is 8.31. The Morgan fingerprint density at radius 2 is 1.57 bits per heavy atom. The monoisotopic (exact) mass is 363 g/mol. The van der Waals surface area contributed by atoms with Crippen LogP contribution in [0.3, 0.4) is 0 Å². The van der Waals surface area contributed by atoms with Gasteiger partial charge in [0.2, 0.25) is 0 Å². The quantitative estimate of drug-likeness (QED) is 0.473. The first-order chi connectivity index (χ1) is 10.2. The summed E-state index contributed by atoms with van der Waals surface area (Å²) in [7, 11) is 0. The van der Waals surface area contributed by atoms with Gasteiger partial charge in [0.15, 0.2) is 0 Å². The van der Waals surface area contributed by atoms with Gasteiger partial charge in [0.1, 0.15) is 10.2 Å². The van der Waals surface area contributed by atoms with E-state index in [0.29, 0.717) is 11.4 Å². The Hall–Kier alpha value is -1.98. The second-order valence-corrected chi connectivity index (χ2v) is 4.97. The van der Waals surface area contributed by atoms with E-state index < -0.39 is 5.91 Å². The molecular formula is C15H11BrClN3O. The van der Waals surface area contributed by atoms with E-state index >= 15 is 0 Å². The molecule has 0 radical (unpaired) electrons. The first kappa shape index (κ1) is 15.4. The maximum absolute atomic E-state index is 11.7. The van der Waals surface area contributed by atoms with Crippen LogP contribution in [0.2, 0.25) is 0 Å². The van der Waals surface area contributed by atoms with Gasteiger partial charge >= 0.3 is 0 Å². The number of hydrogen-bond acceptors (Lipinski definition) is 3. The minimum Gasteiger partial charge on any atom is -0.267 e. The molecule has 4 nitrogen and oxygen atoms in total. The third kappa shape index (κ3) is 4.24. The van der Waals surface area contributed by atoms with Crippen molar-refractivity contribution in [1.82, 2.24) is 4.84 Å². The zero-order valence-electron chi connectivity index (χ0n) is 10.8. The first-order valence-electron chi connectivity index (χ1n) is 6.05. The van der Waals surface area contributed by atoms with E-state index in [1.807, 2.05) is 65.5 Å². The summed E-state index contributed by atoms with van der Waals surface area (Å²) >= 11 is 8.57. The highest BCUT2D eigenvalue weighted by Crippen LogP contribution is 2.26. The van der Waals surface area contributed by atoms with E-state index in [9.17, 15) is 4.79 Å². The number of azo groups is 1. The van der Waals surface area contributed by atoms with Gasteiger partial charge in [-0.3, -0.25) is 9.63 Å². The molecule has 0 unspecified atom stereocenters. The van der Waals surface area contributed by atoms with Crippen LogP contribution in [-0.4, -0.2) is 5.91 Å². The van der Waals surface area contributed by atoms with E-state index in [1.54, 1.807) is 0 Å². The van der Waals surface area contributed by atoms with Gasteiger partial charge in [-0.15, -0.1) is 5.11 Å². The molecule has 1 N–H and O–H groups in total. The number of halogens is 2. The molecule has 2 aromatic carbocycles. The smallest absolute Gasteiger partial charge is 0.267 e. The van der Waals surface area contributed by atoms with E-state index in [0.717, 1.165) is 5.56 Å².